The van der Waals surface area contributed by atoms with Gasteiger partial charge in [0.05, 0.1) is 0 Å². The van der Waals surface area contributed by atoms with Crippen LogP contribution in [0.1, 0.15) is 20.3 Å². The van der Waals surface area contributed by atoms with Crippen LogP contribution in [0.15, 0.2) is 36.0 Å². The minimum Gasteiger partial charge on any atom is -0.0955 e. The zero-order chi connectivity index (χ0) is 9.84. The van der Waals surface area contributed by atoms with Gasteiger partial charge in [0.2, 0.25) is 0 Å². The van der Waals surface area contributed by atoms with Crippen molar-refractivity contribution in [1.82, 2.24) is 0 Å². The zero-order valence-corrected chi connectivity index (χ0v) is 9.97. The normalized spacial score (nSPS) is 35.9. The van der Waals surface area contributed by atoms with Crippen LogP contribution in [0.3, 0.4) is 0 Å². The Labute approximate surface area is 89.5 Å². The lowest BCUT2D eigenvalue weighted by Gasteiger charge is -2.19. The minimum absolute atomic E-state index is 0.592. The predicted octanol–water partition coefficient (Wildman–Crippen LogP) is 4.10. The fraction of sp³-hybridized carbons (Fsp3) is 0.500. The van der Waals surface area contributed by atoms with Crippen molar-refractivity contribution in [1.29, 1.82) is 0 Å². The highest BCUT2D eigenvalue weighted by molar-refractivity contribution is 9.09. The third-order valence-corrected chi connectivity index (χ3v) is 3.25. The van der Waals surface area contributed by atoms with Crippen molar-refractivity contribution < 1.29 is 0 Å². The third kappa shape index (κ3) is 3.15. The first-order valence-corrected chi connectivity index (χ1v) is 5.87. The van der Waals surface area contributed by atoms with E-state index in [9.17, 15) is 0 Å². The number of halogens is 1. The molecule has 0 aromatic carbocycles. The maximum Gasteiger partial charge on any atom is 0.0100 e. The van der Waals surface area contributed by atoms with Crippen LogP contribution in [0.2, 0.25) is 0 Å². The zero-order valence-electron chi connectivity index (χ0n) is 8.39. The predicted molar refractivity (Wildman–Crippen MR) is 63.1 cm³/mol. The number of rotatable bonds is 1. The molecule has 0 aromatic rings. The van der Waals surface area contributed by atoms with E-state index in [2.05, 4.69) is 54.6 Å². The van der Waals surface area contributed by atoms with Gasteiger partial charge < -0.3 is 0 Å². The number of allylic oxidation sites excluding steroid dienone is 5. The molecule has 0 aliphatic heterocycles. The molecule has 13 heavy (non-hydrogen) atoms. The van der Waals surface area contributed by atoms with E-state index in [0.29, 0.717) is 11.8 Å². The van der Waals surface area contributed by atoms with Crippen molar-refractivity contribution in [2.24, 2.45) is 11.8 Å². The van der Waals surface area contributed by atoms with Crippen LogP contribution in [-0.2, 0) is 0 Å². The average molecular weight is 241 g/mol. The molecule has 0 saturated heterocycles. The van der Waals surface area contributed by atoms with Gasteiger partial charge in [0.25, 0.3) is 0 Å². The maximum atomic E-state index is 4.11. The first-order chi connectivity index (χ1) is 6.13. The highest BCUT2D eigenvalue weighted by Crippen LogP contribution is 2.26. The number of alkyl halides is 1. The lowest BCUT2D eigenvalue weighted by molar-refractivity contribution is 0.537. The Hall–Kier alpha value is -0.300. The smallest absolute Gasteiger partial charge is 0.0100 e. The van der Waals surface area contributed by atoms with Crippen LogP contribution in [0.25, 0.3) is 0 Å². The van der Waals surface area contributed by atoms with Gasteiger partial charge >= 0.3 is 0 Å². The SMILES string of the molecule is C=C1/C=C(C)\C=C/[C@H](C)CC1CBr. The summed E-state index contributed by atoms with van der Waals surface area (Å²) < 4.78 is 0. The molecule has 1 unspecified atom stereocenters. The molecule has 72 valence electrons. The summed E-state index contributed by atoms with van der Waals surface area (Å²) in [6.07, 6.45) is 7.87. The van der Waals surface area contributed by atoms with Crippen LogP contribution in [0, 0.1) is 11.8 Å². The second-order valence-corrected chi connectivity index (χ2v) is 4.53. The topological polar surface area (TPSA) is 0 Å². The largest absolute Gasteiger partial charge is 0.0955 e. The highest BCUT2D eigenvalue weighted by atomic mass is 79.9. The van der Waals surface area contributed by atoms with Crippen molar-refractivity contribution in [3.05, 3.63) is 36.0 Å². The summed E-state index contributed by atoms with van der Waals surface area (Å²) in [6.45, 7) is 8.50. The molecule has 1 aliphatic rings. The molecule has 0 spiro atoms. The second-order valence-electron chi connectivity index (χ2n) is 3.89. The van der Waals surface area contributed by atoms with Crippen molar-refractivity contribution in [3.63, 3.8) is 0 Å². The Morgan fingerprint density at radius 2 is 2.31 bits per heavy atom. The molecular weight excluding hydrogens is 224 g/mol. The van der Waals surface area contributed by atoms with Gasteiger partial charge in [0, 0.05) is 5.33 Å². The lowest BCUT2D eigenvalue weighted by Crippen LogP contribution is -2.09. The Balaban J connectivity index is 2.85. The summed E-state index contributed by atoms with van der Waals surface area (Å²) in [5.74, 6) is 1.25. The second kappa shape index (κ2) is 4.80. The van der Waals surface area contributed by atoms with Gasteiger partial charge in [-0.3, -0.25) is 0 Å². The molecule has 0 fully saturated rings. The molecule has 1 aliphatic carbocycles. The van der Waals surface area contributed by atoms with Crippen molar-refractivity contribution in [3.8, 4) is 0 Å². The lowest BCUT2D eigenvalue weighted by atomic mass is 9.88. The molecule has 0 bridgehead atoms. The molecule has 0 N–H and O–H groups in total. The molecule has 0 nitrogen and oxygen atoms in total. The van der Waals surface area contributed by atoms with Crippen LogP contribution < -0.4 is 0 Å². The highest BCUT2D eigenvalue weighted by Gasteiger charge is 2.14. The summed E-state index contributed by atoms with van der Waals surface area (Å²) in [4.78, 5) is 0. The molecule has 0 radical (unpaired) electrons. The molecule has 1 heteroatoms. The molecule has 0 heterocycles. The summed E-state index contributed by atoms with van der Waals surface area (Å²) in [7, 11) is 0. The summed E-state index contributed by atoms with van der Waals surface area (Å²) in [6, 6.07) is 0. The monoisotopic (exact) mass is 240 g/mol. The minimum atomic E-state index is 0.592. The van der Waals surface area contributed by atoms with Gasteiger partial charge in [-0.15, -0.1) is 0 Å². The van der Waals surface area contributed by atoms with Crippen LogP contribution in [0.5, 0.6) is 0 Å². The van der Waals surface area contributed by atoms with Gasteiger partial charge in [-0.25, -0.2) is 0 Å². The first kappa shape index (κ1) is 10.8. The summed E-state index contributed by atoms with van der Waals surface area (Å²) in [5.41, 5.74) is 2.56. The van der Waals surface area contributed by atoms with E-state index < -0.39 is 0 Å². The van der Waals surface area contributed by atoms with Crippen LogP contribution in [-0.4, -0.2) is 5.33 Å². The molecule has 2 atom stereocenters. The molecule has 0 saturated carbocycles. The Kier molecular flexibility index (Phi) is 3.98. The van der Waals surface area contributed by atoms with Gasteiger partial charge in [-0.1, -0.05) is 58.8 Å². The van der Waals surface area contributed by atoms with Gasteiger partial charge in [0.1, 0.15) is 0 Å². The van der Waals surface area contributed by atoms with Crippen molar-refractivity contribution in [2.45, 2.75) is 20.3 Å². The van der Waals surface area contributed by atoms with E-state index in [-0.39, 0.29) is 0 Å². The molecular formula is C12H17Br. The fourth-order valence-electron chi connectivity index (χ4n) is 1.62. The van der Waals surface area contributed by atoms with E-state index in [0.717, 1.165) is 5.33 Å². The first-order valence-electron chi connectivity index (χ1n) is 4.74. The van der Waals surface area contributed by atoms with E-state index in [1.54, 1.807) is 0 Å². The van der Waals surface area contributed by atoms with Crippen LogP contribution in [0.4, 0.5) is 0 Å². The van der Waals surface area contributed by atoms with Gasteiger partial charge in [-0.2, -0.15) is 0 Å². The number of hydrogen-bond donors (Lipinski definition) is 0. The fourth-order valence-corrected chi connectivity index (χ4v) is 2.30. The number of hydrogen-bond acceptors (Lipinski definition) is 0. The molecule has 0 aromatic heterocycles. The average Bonchev–Trinajstić information content (AvgIpc) is 2.08. The van der Waals surface area contributed by atoms with Crippen LogP contribution >= 0.6 is 15.9 Å². The Morgan fingerprint density at radius 3 is 2.92 bits per heavy atom. The van der Waals surface area contributed by atoms with Crippen molar-refractivity contribution >= 4 is 15.9 Å². The van der Waals surface area contributed by atoms with E-state index >= 15 is 0 Å². The van der Waals surface area contributed by atoms with Gasteiger partial charge in [-0.05, 0) is 25.2 Å². The van der Waals surface area contributed by atoms with E-state index in [1.807, 2.05) is 0 Å². The van der Waals surface area contributed by atoms with Gasteiger partial charge in [0.15, 0.2) is 0 Å². The molecule has 1 rings (SSSR count). The maximum absolute atomic E-state index is 4.11. The Morgan fingerprint density at radius 1 is 1.62 bits per heavy atom. The summed E-state index contributed by atoms with van der Waals surface area (Å²) in [5, 5.41) is 1.02. The molecule has 0 amide bonds. The third-order valence-electron chi connectivity index (χ3n) is 2.47. The van der Waals surface area contributed by atoms with E-state index in [1.165, 1.54) is 17.6 Å². The summed E-state index contributed by atoms with van der Waals surface area (Å²) >= 11 is 3.54. The standard InChI is InChI=1S/C12H17Br/c1-9-4-5-10(2)7-12(8-13)11(3)6-9/h4-6,10,12H,3,7-8H2,1-2H3/b5-4-,9-6-/t10-,12?/m0/s1. The van der Waals surface area contributed by atoms with E-state index in [4.69, 9.17) is 0 Å². The van der Waals surface area contributed by atoms with Crippen molar-refractivity contribution in [2.75, 3.05) is 5.33 Å². The quantitative estimate of drug-likeness (QED) is 0.606. The Bertz CT molecular complexity index is 248.